The van der Waals surface area contributed by atoms with Gasteiger partial charge in [0.15, 0.2) is 5.82 Å². The molecule has 0 bridgehead atoms. The molecule has 2 aromatic rings. The summed E-state index contributed by atoms with van der Waals surface area (Å²) in [6, 6.07) is 8.17. The van der Waals surface area contributed by atoms with Crippen LogP contribution in [0.1, 0.15) is 24.2 Å². The number of hydrogen-bond donors (Lipinski definition) is 2. The van der Waals surface area contributed by atoms with Gasteiger partial charge in [-0.05, 0) is 43.6 Å². The lowest BCUT2D eigenvalue weighted by Crippen LogP contribution is -2.41. The smallest absolute Gasteiger partial charge is 0.185 e. The molecule has 1 aromatic carbocycles. The molecular weight excluding hydrogens is 242 g/mol. The zero-order valence-corrected chi connectivity index (χ0v) is 10.9. The summed E-state index contributed by atoms with van der Waals surface area (Å²) in [5, 5.41) is 18.1. The molecule has 0 unspecified atom stereocenters. The van der Waals surface area contributed by atoms with E-state index in [1.165, 1.54) is 5.56 Å². The largest absolute Gasteiger partial charge is 0.497 e. The quantitative estimate of drug-likeness (QED) is 0.855. The van der Waals surface area contributed by atoms with E-state index in [1.807, 2.05) is 12.1 Å². The summed E-state index contributed by atoms with van der Waals surface area (Å²) in [7, 11) is 1.68. The van der Waals surface area contributed by atoms with Crippen LogP contribution in [0, 0.1) is 0 Å². The van der Waals surface area contributed by atoms with E-state index in [9.17, 15) is 0 Å². The molecule has 1 saturated heterocycles. The van der Waals surface area contributed by atoms with Crippen molar-refractivity contribution in [3.63, 3.8) is 0 Å². The highest BCUT2D eigenvalue weighted by Gasteiger charge is 2.39. The molecule has 1 aliphatic rings. The lowest BCUT2D eigenvalue weighted by Gasteiger charge is -2.35. The van der Waals surface area contributed by atoms with Crippen LogP contribution in [-0.4, -0.2) is 40.8 Å². The topological polar surface area (TPSA) is 75.7 Å². The van der Waals surface area contributed by atoms with Crippen molar-refractivity contribution in [1.82, 2.24) is 25.9 Å². The van der Waals surface area contributed by atoms with Crippen molar-refractivity contribution in [3.05, 3.63) is 35.7 Å². The van der Waals surface area contributed by atoms with E-state index < -0.39 is 0 Å². The second-order valence-electron chi connectivity index (χ2n) is 4.80. The molecule has 100 valence electrons. The third-order valence-electron chi connectivity index (χ3n) is 3.87. The maximum absolute atomic E-state index is 5.22. The van der Waals surface area contributed by atoms with Gasteiger partial charge in [-0.25, -0.2) is 0 Å². The monoisotopic (exact) mass is 259 g/mol. The van der Waals surface area contributed by atoms with Crippen molar-refractivity contribution in [2.75, 3.05) is 20.2 Å². The highest BCUT2D eigenvalue weighted by atomic mass is 16.5. The zero-order valence-electron chi connectivity index (χ0n) is 10.9. The maximum atomic E-state index is 5.22. The summed E-state index contributed by atoms with van der Waals surface area (Å²) in [5.41, 5.74) is 1.07. The number of rotatable bonds is 3. The third-order valence-corrected chi connectivity index (χ3v) is 3.87. The van der Waals surface area contributed by atoms with E-state index in [0.29, 0.717) is 0 Å². The van der Waals surface area contributed by atoms with Crippen LogP contribution < -0.4 is 10.1 Å². The first-order valence-electron chi connectivity index (χ1n) is 6.44. The lowest BCUT2D eigenvalue weighted by atomic mass is 9.72. The first kappa shape index (κ1) is 12.1. The number of nitrogens with zero attached hydrogens (tertiary/aromatic N) is 3. The van der Waals surface area contributed by atoms with E-state index in [4.69, 9.17) is 4.74 Å². The first-order chi connectivity index (χ1) is 9.35. The van der Waals surface area contributed by atoms with Gasteiger partial charge in [-0.15, -0.1) is 10.2 Å². The Hall–Kier alpha value is -1.95. The molecule has 3 rings (SSSR count). The number of H-pyrrole nitrogens is 1. The van der Waals surface area contributed by atoms with Crippen LogP contribution in [0.2, 0.25) is 0 Å². The second kappa shape index (κ2) is 4.97. The minimum Gasteiger partial charge on any atom is -0.497 e. The summed E-state index contributed by atoms with van der Waals surface area (Å²) in [6.07, 6.45) is 1.94. The van der Waals surface area contributed by atoms with E-state index in [2.05, 4.69) is 38.1 Å². The SMILES string of the molecule is COc1ccc(C2(c3nn[nH]n3)CCNCC2)cc1. The van der Waals surface area contributed by atoms with E-state index in [1.54, 1.807) is 7.11 Å². The van der Waals surface area contributed by atoms with E-state index in [0.717, 1.165) is 37.5 Å². The Balaban J connectivity index is 2.03. The van der Waals surface area contributed by atoms with Crippen LogP contribution in [0.5, 0.6) is 5.75 Å². The summed E-state index contributed by atoms with van der Waals surface area (Å²) >= 11 is 0. The number of benzene rings is 1. The number of tetrazole rings is 1. The van der Waals surface area contributed by atoms with Crippen LogP contribution >= 0.6 is 0 Å². The molecule has 1 aliphatic heterocycles. The molecule has 0 aliphatic carbocycles. The van der Waals surface area contributed by atoms with Crippen molar-refractivity contribution in [2.24, 2.45) is 0 Å². The fraction of sp³-hybridized carbons (Fsp3) is 0.462. The minimum atomic E-state index is -0.148. The Bertz CT molecular complexity index is 516. The summed E-state index contributed by atoms with van der Waals surface area (Å²) in [5.74, 6) is 1.64. The molecule has 1 aromatic heterocycles. The fourth-order valence-corrected chi connectivity index (χ4v) is 2.77. The standard InChI is InChI=1S/C13H17N5O/c1-19-11-4-2-10(3-5-11)13(6-8-14-9-7-13)12-15-17-18-16-12/h2-5,14H,6-9H2,1H3,(H,15,16,17,18). The summed E-state index contributed by atoms with van der Waals surface area (Å²) in [4.78, 5) is 0. The molecule has 0 radical (unpaired) electrons. The first-order valence-corrected chi connectivity index (χ1v) is 6.44. The molecule has 0 spiro atoms. The zero-order chi connectivity index (χ0) is 13.1. The summed E-state index contributed by atoms with van der Waals surface area (Å²) in [6.45, 7) is 1.92. The number of nitrogens with one attached hydrogen (secondary N) is 2. The molecule has 0 amide bonds. The van der Waals surface area contributed by atoms with Gasteiger partial charge in [0.25, 0.3) is 0 Å². The van der Waals surface area contributed by atoms with Crippen molar-refractivity contribution in [3.8, 4) is 5.75 Å². The number of hydrogen-bond acceptors (Lipinski definition) is 5. The van der Waals surface area contributed by atoms with Gasteiger partial charge in [0.2, 0.25) is 0 Å². The summed E-state index contributed by atoms with van der Waals surface area (Å²) < 4.78 is 5.22. The van der Waals surface area contributed by atoms with Crippen molar-refractivity contribution < 1.29 is 4.74 Å². The number of aromatic nitrogens is 4. The van der Waals surface area contributed by atoms with E-state index in [-0.39, 0.29) is 5.41 Å². The lowest BCUT2D eigenvalue weighted by molar-refractivity contribution is 0.345. The molecule has 0 atom stereocenters. The average Bonchev–Trinajstić information content (AvgIpc) is 3.03. The Morgan fingerprint density at radius 3 is 2.47 bits per heavy atom. The maximum Gasteiger partial charge on any atom is 0.185 e. The Morgan fingerprint density at radius 1 is 1.16 bits per heavy atom. The number of ether oxygens (including phenoxy) is 1. The fourth-order valence-electron chi connectivity index (χ4n) is 2.77. The van der Waals surface area contributed by atoms with Crippen molar-refractivity contribution in [1.29, 1.82) is 0 Å². The van der Waals surface area contributed by atoms with Gasteiger partial charge in [0.05, 0.1) is 12.5 Å². The third kappa shape index (κ3) is 2.08. The van der Waals surface area contributed by atoms with Crippen molar-refractivity contribution >= 4 is 0 Å². The van der Waals surface area contributed by atoms with Crippen LogP contribution in [0.3, 0.4) is 0 Å². The Morgan fingerprint density at radius 2 is 1.89 bits per heavy atom. The Kier molecular flexibility index (Phi) is 3.16. The van der Waals surface area contributed by atoms with Gasteiger partial charge < -0.3 is 10.1 Å². The highest BCUT2D eigenvalue weighted by Crippen LogP contribution is 2.38. The van der Waals surface area contributed by atoms with Crippen LogP contribution in [0.15, 0.2) is 24.3 Å². The van der Waals surface area contributed by atoms with Gasteiger partial charge >= 0.3 is 0 Å². The predicted molar refractivity (Wildman–Crippen MR) is 70.1 cm³/mol. The average molecular weight is 259 g/mol. The number of piperidine rings is 1. The van der Waals surface area contributed by atoms with Crippen molar-refractivity contribution in [2.45, 2.75) is 18.3 Å². The molecule has 6 heteroatoms. The molecule has 0 saturated carbocycles. The molecule has 1 fully saturated rings. The molecule has 19 heavy (non-hydrogen) atoms. The van der Waals surface area contributed by atoms with Gasteiger partial charge in [0, 0.05) is 0 Å². The van der Waals surface area contributed by atoms with Crippen LogP contribution in [-0.2, 0) is 5.41 Å². The van der Waals surface area contributed by atoms with Crippen LogP contribution in [0.4, 0.5) is 0 Å². The van der Waals surface area contributed by atoms with E-state index >= 15 is 0 Å². The van der Waals surface area contributed by atoms with Gasteiger partial charge in [-0.3, -0.25) is 0 Å². The van der Waals surface area contributed by atoms with Gasteiger partial charge in [-0.1, -0.05) is 17.3 Å². The minimum absolute atomic E-state index is 0.148. The van der Waals surface area contributed by atoms with Crippen LogP contribution in [0.25, 0.3) is 0 Å². The second-order valence-corrected chi connectivity index (χ2v) is 4.80. The number of aromatic amines is 1. The highest BCUT2D eigenvalue weighted by molar-refractivity contribution is 5.37. The Labute approximate surface area is 111 Å². The van der Waals surface area contributed by atoms with Gasteiger partial charge in [0.1, 0.15) is 5.75 Å². The normalized spacial score (nSPS) is 18.2. The molecule has 2 N–H and O–H groups in total. The number of methoxy groups -OCH3 is 1. The molecule has 6 nitrogen and oxygen atoms in total. The van der Waals surface area contributed by atoms with Gasteiger partial charge in [-0.2, -0.15) is 5.21 Å². The molecular formula is C13H17N5O. The predicted octanol–water partition coefficient (Wildman–Crippen LogP) is 0.878. The molecule has 2 heterocycles.